The zero-order valence-electron chi connectivity index (χ0n) is 17.7. The first-order valence-electron chi connectivity index (χ1n) is 11.1. The van der Waals surface area contributed by atoms with Crippen molar-refractivity contribution >= 4 is 22.7 Å². The van der Waals surface area contributed by atoms with Crippen molar-refractivity contribution in [2.75, 3.05) is 0 Å². The number of ether oxygens (including phenoxy) is 1. The number of aryl methyl sites for hydroxylation is 2. The highest BCUT2D eigenvalue weighted by atomic mass is 16.5. The van der Waals surface area contributed by atoms with Crippen LogP contribution in [0.15, 0.2) is 36.4 Å². The topological polar surface area (TPSA) is 79.4 Å². The van der Waals surface area contributed by atoms with Gasteiger partial charge in [-0.1, -0.05) is 18.2 Å². The number of fused-ring (bicyclic) bond motifs is 3. The fraction of sp³-hybridized carbons (Fsp3) is 0.385. The van der Waals surface area contributed by atoms with Crippen LogP contribution in [0.25, 0.3) is 10.9 Å². The summed E-state index contributed by atoms with van der Waals surface area (Å²) in [5.41, 5.74) is 6.98. The van der Waals surface area contributed by atoms with E-state index < -0.39 is 5.97 Å². The van der Waals surface area contributed by atoms with Crippen molar-refractivity contribution in [3.8, 4) is 5.75 Å². The highest BCUT2D eigenvalue weighted by Crippen LogP contribution is 2.40. The van der Waals surface area contributed by atoms with Gasteiger partial charge in [-0.15, -0.1) is 0 Å². The molecule has 1 aromatic heterocycles. The number of carbonyl (C=O) groups is 2. The van der Waals surface area contributed by atoms with Gasteiger partial charge in [0.2, 0.25) is 0 Å². The van der Waals surface area contributed by atoms with Gasteiger partial charge in [0.15, 0.2) is 0 Å². The van der Waals surface area contributed by atoms with E-state index >= 15 is 0 Å². The lowest BCUT2D eigenvalue weighted by Gasteiger charge is -2.14. The lowest BCUT2D eigenvalue weighted by atomic mass is 9.92. The van der Waals surface area contributed by atoms with Gasteiger partial charge in [0.25, 0.3) is 0 Å². The number of rotatable bonds is 6. The van der Waals surface area contributed by atoms with Gasteiger partial charge in [0.1, 0.15) is 18.1 Å². The molecule has 0 amide bonds. The summed E-state index contributed by atoms with van der Waals surface area (Å²) in [7, 11) is 0. The van der Waals surface area contributed by atoms with Crippen molar-refractivity contribution in [1.82, 2.24) is 4.98 Å². The van der Waals surface area contributed by atoms with Crippen LogP contribution < -0.4 is 4.74 Å². The molecular formula is C26H27NO4. The second-order valence-electron chi connectivity index (χ2n) is 9.02. The minimum atomic E-state index is -0.749. The molecule has 2 aliphatic carbocycles. The van der Waals surface area contributed by atoms with Crippen LogP contribution in [0.1, 0.15) is 71.9 Å². The van der Waals surface area contributed by atoms with Gasteiger partial charge in [0, 0.05) is 35.4 Å². The maximum Gasteiger partial charge on any atom is 0.304 e. The van der Waals surface area contributed by atoms with Crippen LogP contribution in [0.4, 0.5) is 0 Å². The Bertz CT molecular complexity index is 1180. The largest absolute Gasteiger partial charge is 0.489 e. The molecule has 0 spiro atoms. The molecule has 31 heavy (non-hydrogen) atoms. The third-order valence-corrected chi connectivity index (χ3v) is 6.91. The second-order valence-corrected chi connectivity index (χ2v) is 9.02. The van der Waals surface area contributed by atoms with Gasteiger partial charge in [-0.3, -0.25) is 9.59 Å². The lowest BCUT2D eigenvalue weighted by molar-refractivity contribution is -0.137. The molecule has 5 heteroatoms. The van der Waals surface area contributed by atoms with Crippen LogP contribution >= 0.6 is 0 Å². The first-order valence-corrected chi connectivity index (χ1v) is 11.1. The molecule has 0 saturated heterocycles. The zero-order chi connectivity index (χ0) is 21.5. The number of carbonyl (C=O) groups excluding carboxylic acids is 1. The minimum absolute atomic E-state index is 0.0703. The van der Waals surface area contributed by atoms with E-state index in [1.165, 1.54) is 16.7 Å². The maximum atomic E-state index is 11.6. The number of hydrogen-bond donors (Lipinski definition) is 2. The summed E-state index contributed by atoms with van der Waals surface area (Å²) in [5.74, 6) is 0.879. The van der Waals surface area contributed by atoms with Crippen molar-refractivity contribution in [3.05, 3.63) is 64.3 Å². The number of hydrogen-bond acceptors (Lipinski definition) is 3. The predicted molar refractivity (Wildman–Crippen MR) is 119 cm³/mol. The van der Waals surface area contributed by atoms with Crippen LogP contribution in [0, 0.1) is 6.92 Å². The Balaban J connectivity index is 1.31. The summed E-state index contributed by atoms with van der Waals surface area (Å²) in [6.07, 6.45) is 4.30. The van der Waals surface area contributed by atoms with E-state index in [2.05, 4.69) is 36.2 Å². The monoisotopic (exact) mass is 417 g/mol. The van der Waals surface area contributed by atoms with E-state index in [4.69, 9.17) is 9.84 Å². The molecule has 2 unspecified atom stereocenters. The molecule has 1 saturated carbocycles. The molecule has 0 bridgehead atoms. The Morgan fingerprint density at radius 3 is 2.77 bits per heavy atom. The number of carboxylic acids is 1. The summed E-state index contributed by atoms with van der Waals surface area (Å²) in [5, 5.41) is 10.3. The molecular weight excluding hydrogens is 390 g/mol. The Kier molecular flexibility index (Phi) is 5.05. The Morgan fingerprint density at radius 1 is 1.16 bits per heavy atom. The zero-order valence-corrected chi connectivity index (χ0v) is 17.7. The van der Waals surface area contributed by atoms with Crippen LogP contribution in [0.2, 0.25) is 0 Å². The molecule has 160 valence electrons. The van der Waals surface area contributed by atoms with Gasteiger partial charge in [0.05, 0.1) is 6.42 Å². The van der Waals surface area contributed by atoms with Crippen LogP contribution in [-0.2, 0) is 22.6 Å². The predicted octanol–water partition coefficient (Wildman–Crippen LogP) is 5.40. The Labute approximate surface area is 181 Å². The van der Waals surface area contributed by atoms with Crippen LogP contribution in [-0.4, -0.2) is 21.8 Å². The van der Waals surface area contributed by atoms with Crippen molar-refractivity contribution in [2.24, 2.45) is 0 Å². The van der Waals surface area contributed by atoms with Crippen molar-refractivity contribution in [3.63, 3.8) is 0 Å². The fourth-order valence-electron chi connectivity index (χ4n) is 5.36. The number of aliphatic carboxylic acids is 1. The van der Waals surface area contributed by atoms with Gasteiger partial charge in [-0.2, -0.15) is 0 Å². The number of carboxylic acid groups (broad SMARTS) is 1. The second kappa shape index (κ2) is 7.88. The first kappa shape index (κ1) is 19.9. The van der Waals surface area contributed by atoms with Gasteiger partial charge in [-0.05, 0) is 72.6 Å². The molecule has 5 rings (SSSR count). The Hall–Kier alpha value is -3.08. The average Bonchev–Trinajstić information content (AvgIpc) is 3.42. The summed E-state index contributed by atoms with van der Waals surface area (Å²) in [6, 6.07) is 12.5. The van der Waals surface area contributed by atoms with Crippen molar-refractivity contribution < 1.29 is 19.4 Å². The third kappa shape index (κ3) is 3.85. The number of ketones is 1. The van der Waals surface area contributed by atoms with Gasteiger partial charge in [-0.25, -0.2) is 0 Å². The SMILES string of the molecule is Cc1cc(COc2ccc3[nH]c4c(c3c2)CCC4CC(=O)O)ccc1C1CCC(=O)C1. The Morgan fingerprint density at radius 2 is 2.03 bits per heavy atom. The van der Waals surface area contributed by atoms with Crippen molar-refractivity contribution in [2.45, 2.75) is 63.9 Å². The lowest BCUT2D eigenvalue weighted by Crippen LogP contribution is -2.03. The van der Waals surface area contributed by atoms with Gasteiger partial charge >= 0.3 is 5.97 Å². The molecule has 5 nitrogen and oxygen atoms in total. The molecule has 2 atom stereocenters. The standard InChI is InChI=1S/C26H27NO4/c1-15-10-16(2-7-21(15)17-3-5-19(28)11-17)14-31-20-6-9-24-23(13-20)22-8-4-18(12-25(29)30)26(22)27-24/h2,6-7,9-10,13,17-18,27H,3-5,8,11-12,14H2,1H3,(H,29,30). The van der Waals surface area contributed by atoms with E-state index in [0.717, 1.165) is 47.2 Å². The van der Waals surface area contributed by atoms with E-state index in [0.29, 0.717) is 31.1 Å². The molecule has 1 fully saturated rings. The minimum Gasteiger partial charge on any atom is -0.489 e. The fourth-order valence-corrected chi connectivity index (χ4v) is 5.36. The summed E-state index contributed by atoms with van der Waals surface area (Å²) < 4.78 is 6.10. The number of benzene rings is 2. The van der Waals surface area contributed by atoms with Crippen molar-refractivity contribution in [1.29, 1.82) is 0 Å². The first-order chi connectivity index (χ1) is 15.0. The highest BCUT2D eigenvalue weighted by Gasteiger charge is 2.28. The molecule has 2 aliphatic rings. The number of aromatic amines is 1. The molecule has 2 aromatic carbocycles. The summed E-state index contributed by atoms with van der Waals surface area (Å²) in [6.45, 7) is 2.61. The number of Topliss-reactive ketones (excluding diaryl/α,β-unsaturated/α-hetero) is 1. The molecule has 3 aromatic rings. The normalized spacial score (nSPS) is 20.4. The van der Waals surface area contributed by atoms with E-state index in [-0.39, 0.29) is 12.3 Å². The van der Waals surface area contributed by atoms with Crippen LogP contribution in [0.3, 0.4) is 0 Å². The highest BCUT2D eigenvalue weighted by molar-refractivity contribution is 5.87. The average molecular weight is 418 g/mol. The van der Waals surface area contributed by atoms with E-state index in [1.807, 2.05) is 12.1 Å². The summed E-state index contributed by atoms with van der Waals surface area (Å²) >= 11 is 0. The molecule has 1 heterocycles. The van der Waals surface area contributed by atoms with Gasteiger partial charge < -0.3 is 14.8 Å². The molecule has 0 aliphatic heterocycles. The molecule has 2 N–H and O–H groups in total. The third-order valence-electron chi connectivity index (χ3n) is 6.91. The van der Waals surface area contributed by atoms with E-state index in [1.54, 1.807) is 0 Å². The summed E-state index contributed by atoms with van der Waals surface area (Å²) in [4.78, 5) is 26.2. The smallest absolute Gasteiger partial charge is 0.304 e. The van der Waals surface area contributed by atoms with Crippen LogP contribution in [0.5, 0.6) is 5.75 Å². The quantitative estimate of drug-likeness (QED) is 0.563. The number of aromatic nitrogens is 1. The van der Waals surface area contributed by atoms with E-state index in [9.17, 15) is 9.59 Å². The number of nitrogens with one attached hydrogen (secondary N) is 1. The number of H-pyrrole nitrogens is 1. The maximum absolute atomic E-state index is 11.6. The molecule has 0 radical (unpaired) electrons.